The third-order valence-corrected chi connectivity index (χ3v) is 4.94. The van der Waals surface area contributed by atoms with E-state index >= 15 is 0 Å². The second-order valence-corrected chi connectivity index (χ2v) is 6.72. The molecular formula is C21H19NOS. The highest BCUT2D eigenvalue weighted by Gasteiger charge is 2.11. The molecule has 24 heavy (non-hydrogen) atoms. The highest BCUT2D eigenvalue weighted by molar-refractivity contribution is 7.13. The summed E-state index contributed by atoms with van der Waals surface area (Å²) < 4.78 is 0. The summed E-state index contributed by atoms with van der Waals surface area (Å²) in [5.41, 5.74) is 2.42. The topological polar surface area (TPSA) is 29.4 Å². The maximum atomic E-state index is 12.6. The molecule has 0 amide bonds. The Kier molecular flexibility index (Phi) is 5.34. The number of ketones is 1. The van der Waals surface area contributed by atoms with E-state index in [1.54, 1.807) is 11.3 Å². The molecule has 0 aliphatic rings. The molecule has 0 spiro atoms. The number of thiophene rings is 1. The number of carbonyl (C=O) groups is 1. The Balaban J connectivity index is 1.81. The van der Waals surface area contributed by atoms with Gasteiger partial charge in [0.15, 0.2) is 5.78 Å². The molecule has 3 heteroatoms. The minimum absolute atomic E-state index is 0.0920. The second kappa shape index (κ2) is 7.84. The molecule has 0 unspecified atom stereocenters. The molecule has 0 radical (unpaired) electrons. The van der Waals surface area contributed by atoms with E-state index in [0.717, 1.165) is 22.5 Å². The molecule has 0 aliphatic heterocycles. The van der Waals surface area contributed by atoms with E-state index in [1.165, 1.54) is 4.88 Å². The summed E-state index contributed by atoms with van der Waals surface area (Å²) in [5, 5.41) is 0. The zero-order valence-corrected chi connectivity index (χ0v) is 14.4. The lowest BCUT2D eigenvalue weighted by Gasteiger charge is -2.05. The van der Waals surface area contributed by atoms with E-state index in [1.807, 2.05) is 60.8 Å². The minimum Gasteiger partial charge on any atom is -0.294 e. The predicted octanol–water partition coefficient (Wildman–Crippen LogP) is 5.49. The van der Waals surface area contributed by atoms with Crippen molar-refractivity contribution in [3.63, 3.8) is 0 Å². The number of aliphatic imine (C=N–C) groups is 1. The maximum absolute atomic E-state index is 12.6. The number of benzene rings is 2. The third-order valence-electron chi connectivity index (χ3n) is 3.77. The van der Waals surface area contributed by atoms with Crippen LogP contribution in [-0.4, -0.2) is 12.0 Å². The molecule has 0 atom stereocenters. The van der Waals surface area contributed by atoms with Gasteiger partial charge in [0.05, 0.1) is 5.69 Å². The van der Waals surface area contributed by atoms with E-state index in [9.17, 15) is 4.79 Å². The van der Waals surface area contributed by atoms with Crippen molar-refractivity contribution >= 4 is 29.0 Å². The highest BCUT2D eigenvalue weighted by Crippen LogP contribution is 2.22. The zero-order chi connectivity index (χ0) is 16.8. The summed E-state index contributed by atoms with van der Waals surface area (Å²) in [6.07, 6.45) is 3.27. The molecule has 1 heterocycles. The van der Waals surface area contributed by atoms with Gasteiger partial charge in [0, 0.05) is 28.0 Å². The van der Waals surface area contributed by atoms with Gasteiger partial charge in [0.2, 0.25) is 0 Å². The van der Waals surface area contributed by atoms with Gasteiger partial charge in [-0.1, -0.05) is 49.4 Å². The van der Waals surface area contributed by atoms with Crippen molar-refractivity contribution in [3.8, 4) is 0 Å². The Bertz CT molecular complexity index is 849. The molecule has 0 fully saturated rings. The van der Waals surface area contributed by atoms with E-state index in [2.05, 4.69) is 24.0 Å². The number of hydrogen-bond acceptors (Lipinski definition) is 3. The quantitative estimate of drug-likeness (QED) is 0.433. The first-order valence-corrected chi connectivity index (χ1v) is 8.87. The first-order valence-electron chi connectivity index (χ1n) is 8.05. The van der Waals surface area contributed by atoms with Crippen LogP contribution < -0.4 is 0 Å². The van der Waals surface area contributed by atoms with E-state index in [-0.39, 0.29) is 5.78 Å². The molecule has 0 bridgehead atoms. The Hall–Kier alpha value is -2.52. The predicted molar refractivity (Wildman–Crippen MR) is 102 cm³/mol. The average molecular weight is 333 g/mol. The molecule has 0 saturated carbocycles. The summed E-state index contributed by atoms with van der Waals surface area (Å²) in [6, 6.07) is 21.5. The molecule has 0 saturated heterocycles. The van der Waals surface area contributed by atoms with E-state index < -0.39 is 0 Å². The largest absolute Gasteiger partial charge is 0.294 e. The maximum Gasteiger partial charge on any atom is 0.169 e. The van der Waals surface area contributed by atoms with Crippen LogP contribution in [0.4, 0.5) is 5.69 Å². The van der Waals surface area contributed by atoms with Crippen LogP contribution in [0.3, 0.4) is 0 Å². The lowest BCUT2D eigenvalue weighted by Crippen LogP contribution is -2.03. The molecule has 0 N–H and O–H groups in total. The smallest absolute Gasteiger partial charge is 0.169 e. The number of Topliss-reactive ketones (excluding diaryl/α,β-unsaturated/α-hetero) is 1. The van der Waals surface area contributed by atoms with Crippen LogP contribution in [0.15, 0.2) is 71.7 Å². The molecule has 3 aromatic rings. The standard InChI is InChI=1S/C21H19NOS/c1-2-17-12-13-18(24-17)15-22-20-11-7-6-10-19(20)21(23)14-16-8-4-3-5-9-16/h3-13,15H,2,14H2,1H3. The van der Waals surface area contributed by atoms with Crippen molar-refractivity contribution < 1.29 is 4.79 Å². The Morgan fingerprint density at radius 2 is 1.75 bits per heavy atom. The number of hydrogen-bond donors (Lipinski definition) is 0. The van der Waals surface area contributed by atoms with Gasteiger partial charge in [0.25, 0.3) is 0 Å². The molecule has 120 valence electrons. The summed E-state index contributed by atoms with van der Waals surface area (Å²) in [5.74, 6) is 0.0920. The zero-order valence-electron chi connectivity index (χ0n) is 13.6. The molecular weight excluding hydrogens is 314 g/mol. The van der Waals surface area contributed by atoms with Gasteiger partial charge in [0.1, 0.15) is 0 Å². The van der Waals surface area contributed by atoms with Gasteiger partial charge in [-0.15, -0.1) is 11.3 Å². The van der Waals surface area contributed by atoms with Crippen molar-refractivity contribution in [1.82, 2.24) is 0 Å². The van der Waals surface area contributed by atoms with Crippen molar-refractivity contribution in [2.75, 3.05) is 0 Å². The van der Waals surface area contributed by atoms with E-state index in [4.69, 9.17) is 0 Å². The molecule has 2 nitrogen and oxygen atoms in total. The van der Waals surface area contributed by atoms with Crippen LogP contribution >= 0.6 is 11.3 Å². The summed E-state index contributed by atoms with van der Waals surface area (Å²) >= 11 is 1.73. The van der Waals surface area contributed by atoms with Crippen molar-refractivity contribution in [1.29, 1.82) is 0 Å². The number of rotatable bonds is 6. The molecule has 1 aromatic heterocycles. The van der Waals surface area contributed by atoms with E-state index in [0.29, 0.717) is 12.0 Å². The van der Waals surface area contributed by atoms with Gasteiger partial charge in [-0.25, -0.2) is 0 Å². The lowest BCUT2D eigenvalue weighted by molar-refractivity contribution is 0.0993. The van der Waals surface area contributed by atoms with Crippen LogP contribution in [0.1, 0.15) is 32.6 Å². The number of nitrogens with zero attached hydrogens (tertiary/aromatic N) is 1. The molecule has 3 rings (SSSR count). The Morgan fingerprint density at radius 1 is 1.00 bits per heavy atom. The monoisotopic (exact) mass is 333 g/mol. The minimum atomic E-state index is 0.0920. The number of carbonyl (C=O) groups excluding carboxylic acids is 1. The van der Waals surface area contributed by atoms with Crippen molar-refractivity contribution in [2.45, 2.75) is 19.8 Å². The Morgan fingerprint density at radius 3 is 2.50 bits per heavy atom. The lowest BCUT2D eigenvalue weighted by atomic mass is 10.0. The summed E-state index contributed by atoms with van der Waals surface area (Å²) in [6.45, 7) is 2.14. The van der Waals surface area contributed by atoms with Crippen LogP contribution in [0.25, 0.3) is 0 Å². The molecule has 0 aliphatic carbocycles. The van der Waals surface area contributed by atoms with Gasteiger partial charge in [-0.05, 0) is 36.2 Å². The van der Waals surface area contributed by atoms with Crippen LogP contribution in [0.5, 0.6) is 0 Å². The summed E-state index contributed by atoms with van der Waals surface area (Å²) in [4.78, 5) is 19.6. The van der Waals surface area contributed by atoms with Gasteiger partial charge in [-0.3, -0.25) is 9.79 Å². The van der Waals surface area contributed by atoms with Crippen molar-refractivity contribution in [2.24, 2.45) is 4.99 Å². The molecule has 2 aromatic carbocycles. The summed E-state index contributed by atoms with van der Waals surface area (Å²) in [7, 11) is 0. The second-order valence-electron chi connectivity index (χ2n) is 5.52. The third kappa shape index (κ3) is 4.06. The highest BCUT2D eigenvalue weighted by atomic mass is 32.1. The average Bonchev–Trinajstić information content (AvgIpc) is 3.09. The Labute approximate surface area is 146 Å². The fourth-order valence-corrected chi connectivity index (χ4v) is 3.31. The first kappa shape index (κ1) is 16.3. The SMILES string of the molecule is CCc1ccc(C=Nc2ccccc2C(=O)Cc2ccccc2)s1. The fourth-order valence-electron chi connectivity index (χ4n) is 2.49. The van der Waals surface area contributed by atoms with Crippen LogP contribution in [-0.2, 0) is 12.8 Å². The number of aryl methyl sites for hydroxylation is 1. The normalized spacial score (nSPS) is 11.0. The van der Waals surface area contributed by atoms with Crippen LogP contribution in [0.2, 0.25) is 0 Å². The first-order chi connectivity index (χ1) is 11.8. The van der Waals surface area contributed by atoms with Gasteiger partial charge < -0.3 is 0 Å². The number of para-hydroxylation sites is 1. The van der Waals surface area contributed by atoms with Gasteiger partial charge >= 0.3 is 0 Å². The fraction of sp³-hybridized carbons (Fsp3) is 0.143. The van der Waals surface area contributed by atoms with Crippen molar-refractivity contribution in [3.05, 3.63) is 87.6 Å². The van der Waals surface area contributed by atoms with Gasteiger partial charge in [-0.2, -0.15) is 0 Å². The van der Waals surface area contributed by atoms with Crippen LogP contribution in [0, 0.1) is 0 Å².